The summed E-state index contributed by atoms with van der Waals surface area (Å²) in [4.78, 5) is 4.83. The van der Waals surface area contributed by atoms with Crippen LogP contribution < -0.4 is 10.6 Å². The number of benzene rings is 1. The van der Waals surface area contributed by atoms with Crippen molar-refractivity contribution in [3.8, 4) is 0 Å². The second-order valence-corrected chi connectivity index (χ2v) is 7.77. The fourth-order valence-electron chi connectivity index (χ4n) is 2.92. The van der Waals surface area contributed by atoms with Crippen molar-refractivity contribution in [1.29, 1.82) is 0 Å². The van der Waals surface area contributed by atoms with Crippen molar-refractivity contribution < 1.29 is 4.42 Å². The van der Waals surface area contributed by atoms with Gasteiger partial charge in [-0.3, -0.25) is 4.99 Å². The van der Waals surface area contributed by atoms with Crippen molar-refractivity contribution in [2.45, 2.75) is 37.5 Å². The van der Waals surface area contributed by atoms with Crippen LogP contribution in [0.15, 0.2) is 58.1 Å². The molecular weight excluding hydrogens is 457 g/mol. The van der Waals surface area contributed by atoms with E-state index in [-0.39, 0.29) is 30.0 Å². The lowest BCUT2D eigenvalue weighted by Gasteiger charge is -2.19. The number of guanidine groups is 1. The molecule has 1 fully saturated rings. The minimum Gasteiger partial charge on any atom is -0.469 e. The van der Waals surface area contributed by atoms with Crippen LogP contribution in [0.5, 0.6) is 0 Å². The Kier molecular flexibility index (Phi) is 9.39. The Hall–Kier alpha value is -1.15. The van der Waals surface area contributed by atoms with Gasteiger partial charge in [0, 0.05) is 18.2 Å². The molecule has 2 atom stereocenters. The standard InChI is InChI=1S/C20H27N3OS.HI/c1-16(17-7-3-2-4-8-17)23-20(22-15-19-10-6-14-25-19)21-12-11-18-9-5-13-24-18;/h2-5,7-9,13,16,19H,6,10-12,14-15H2,1H3,(H2,21,22,23);1H. The Balaban J connectivity index is 0.00000243. The van der Waals surface area contributed by atoms with Crippen LogP contribution in [0, 0.1) is 0 Å². The summed E-state index contributed by atoms with van der Waals surface area (Å²) in [5.74, 6) is 3.15. The van der Waals surface area contributed by atoms with Crippen LogP contribution in [0.4, 0.5) is 0 Å². The van der Waals surface area contributed by atoms with Gasteiger partial charge in [-0.1, -0.05) is 30.3 Å². The molecule has 3 rings (SSSR count). The predicted octanol–water partition coefficient (Wildman–Crippen LogP) is 4.63. The molecule has 2 heterocycles. The Labute approximate surface area is 177 Å². The average molecular weight is 485 g/mol. The normalized spacial score (nSPS) is 18.2. The summed E-state index contributed by atoms with van der Waals surface area (Å²) in [5.41, 5.74) is 1.26. The summed E-state index contributed by atoms with van der Waals surface area (Å²) in [5, 5.41) is 7.65. The third-order valence-electron chi connectivity index (χ3n) is 4.37. The number of rotatable bonds is 7. The molecule has 2 aromatic rings. The molecule has 0 amide bonds. The number of aliphatic imine (C=N–C) groups is 1. The molecular formula is C20H28IN3OS. The molecule has 2 unspecified atom stereocenters. The van der Waals surface area contributed by atoms with Crippen molar-refractivity contribution in [1.82, 2.24) is 10.6 Å². The first kappa shape index (κ1) is 21.2. The maximum absolute atomic E-state index is 5.40. The zero-order valence-electron chi connectivity index (χ0n) is 15.2. The lowest BCUT2D eigenvalue weighted by molar-refractivity contribution is 0.506. The number of nitrogens with one attached hydrogen (secondary N) is 2. The fourth-order valence-corrected chi connectivity index (χ4v) is 4.10. The number of halogens is 1. The summed E-state index contributed by atoms with van der Waals surface area (Å²) in [6.07, 6.45) is 5.17. The minimum absolute atomic E-state index is 0. The first-order valence-electron chi connectivity index (χ1n) is 9.05. The molecule has 1 saturated heterocycles. The molecule has 1 aromatic carbocycles. The lowest BCUT2D eigenvalue weighted by atomic mass is 10.1. The minimum atomic E-state index is 0. The second-order valence-electron chi connectivity index (χ2n) is 6.36. The fraction of sp³-hybridized carbons (Fsp3) is 0.450. The molecule has 0 bridgehead atoms. The third-order valence-corrected chi connectivity index (χ3v) is 5.75. The predicted molar refractivity (Wildman–Crippen MR) is 122 cm³/mol. The van der Waals surface area contributed by atoms with Crippen molar-refractivity contribution >= 4 is 41.7 Å². The van der Waals surface area contributed by atoms with Gasteiger partial charge in [0.15, 0.2) is 5.96 Å². The molecule has 1 aliphatic heterocycles. The molecule has 6 heteroatoms. The van der Waals surface area contributed by atoms with E-state index < -0.39 is 0 Å². The van der Waals surface area contributed by atoms with Gasteiger partial charge in [0.25, 0.3) is 0 Å². The molecule has 0 saturated carbocycles. The largest absolute Gasteiger partial charge is 0.469 e. The SMILES string of the molecule is CC(NC(=NCC1CCCS1)NCCc1ccco1)c1ccccc1.I. The van der Waals surface area contributed by atoms with Crippen LogP contribution in [-0.4, -0.2) is 30.1 Å². The first-order chi connectivity index (χ1) is 12.3. The smallest absolute Gasteiger partial charge is 0.191 e. The molecule has 26 heavy (non-hydrogen) atoms. The van der Waals surface area contributed by atoms with E-state index in [0.29, 0.717) is 5.25 Å². The van der Waals surface area contributed by atoms with Gasteiger partial charge < -0.3 is 15.1 Å². The van der Waals surface area contributed by atoms with Crippen LogP contribution in [0.3, 0.4) is 0 Å². The van der Waals surface area contributed by atoms with Gasteiger partial charge in [0.1, 0.15) is 5.76 Å². The van der Waals surface area contributed by atoms with E-state index in [4.69, 9.17) is 9.41 Å². The van der Waals surface area contributed by atoms with E-state index in [2.05, 4.69) is 41.8 Å². The van der Waals surface area contributed by atoms with Gasteiger partial charge in [-0.05, 0) is 43.2 Å². The zero-order chi connectivity index (χ0) is 17.3. The average Bonchev–Trinajstić information content (AvgIpc) is 3.34. The van der Waals surface area contributed by atoms with Crippen LogP contribution in [0.25, 0.3) is 0 Å². The molecule has 1 aliphatic rings. The maximum Gasteiger partial charge on any atom is 0.191 e. The number of hydrogen-bond donors (Lipinski definition) is 2. The van der Waals surface area contributed by atoms with E-state index in [0.717, 1.165) is 31.2 Å². The summed E-state index contributed by atoms with van der Waals surface area (Å²) in [6, 6.07) is 14.6. The second kappa shape index (κ2) is 11.5. The van der Waals surface area contributed by atoms with Crippen molar-refractivity contribution in [2.24, 2.45) is 4.99 Å². The quantitative estimate of drug-likeness (QED) is 0.341. The summed E-state index contributed by atoms with van der Waals surface area (Å²) in [7, 11) is 0. The van der Waals surface area contributed by atoms with Gasteiger partial charge in [-0.15, -0.1) is 24.0 Å². The van der Waals surface area contributed by atoms with E-state index in [1.807, 2.05) is 30.0 Å². The highest BCUT2D eigenvalue weighted by atomic mass is 127. The molecule has 0 aliphatic carbocycles. The van der Waals surface area contributed by atoms with E-state index in [9.17, 15) is 0 Å². The number of furan rings is 1. The maximum atomic E-state index is 5.40. The van der Waals surface area contributed by atoms with E-state index >= 15 is 0 Å². The van der Waals surface area contributed by atoms with Gasteiger partial charge in [-0.25, -0.2) is 0 Å². The molecule has 2 N–H and O–H groups in total. The van der Waals surface area contributed by atoms with Crippen molar-refractivity contribution in [3.63, 3.8) is 0 Å². The van der Waals surface area contributed by atoms with Crippen LogP contribution in [-0.2, 0) is 6.42 Å². The number of thioether (sulfide) groups is 1. The Morgan fingerprint density at radius 1 is 1.27 bits per heavy atom. The van der Waals surface area contributed by atoms with Gasteiger partial charge in [0.05, 0.1) is 18.8 Å². The molecule has 0 spiro atoms. The number of hydrogen-bond acceptors (Lipinski definition) is 3. The molecule has 0 radical (unpaired) electrons. The summed E-state index contributed by atoms with van der Waals surface area (Å²) >= 11 is 2.04. The monoisotopic (exact) mass is 485 g/mol. The van der Waals surface area contributed by atoms with Crippen molar-refractivity contribution in [3.05, 3.63) is 60.1 Å². The van der Waals surface area contributed by atoms with E-state index in [1.165, 1.54) is 24.2 Å². The highest BCUT2D eigenvalue weighted by Gasteiger charge is 2.15. The summed E-state index contributed by atoms with van der Waals surface area (Å²) in [6.45, 7) is 3.85. The Bertz CT molecular complexity index is 642. The molecule has 142 valence electrons. The van der Waals surface area contributed by atoms with Crippen molar-refractivity contribution in [2.75, 3.05) is 18.8 Å². The van der Waals surface area contributed by atoms with Crippen LogP contribution in [0.1, 0.15) is 37.1 Å². The third kappa shape index (κ3) is 6.87. The van der Waals surface area contributed by atoms with Gasteiger partial charge >= 0.3 is 0 Å². The lowest BCUT2D eigenvalue weighted by Crippen LogP contribution is -2.40. The van der Waals surface area contributed by atoms with Crippen LogP contribution in [0.2, 0.25) is 0 Å². The summed E-state index contributed by atoms with van der Waals surface area (Å²) < 4.78 is 5.40. The van der Waals surface area contributed by atoms with Gasteiger partial charge in [-0.2, -0.15) is 11.8 Å². The number of nitrogens with zero attached hydrogens (tertiary/aromatic N) is 1. The Morgan fingerprint density at radius 2 is 2.12 bits per heavy atom. The highest BCUT2D eigenvalue weighted by Crippen LogP contribution is 2.26. The molecule has 4 nitrogen and oxygen atoms in total. The zero-order valence-corrected chi connectivity index (χ0v) is 18.3. The highest BCUT2D eigenvalue weighted by molar-refractivity contribution is 14.0. The van der Waals surface area contributed by atoms with Crippen LogP contribution >= 0.6 is 35.7 Å². The van der Waals surface area contributed by atoms with Gasteiger partial charge in [0.2, 0.25) is 0 Å². The topological polar surface area (TPSA) is 49.6 Å². The Morgan fingerprint density at radius 3 is 2.81 bits per heavy atom. The molecule has 1 aromatic heterocycles. The van der Waals surface area contributed by atoms with E-state index in [1.54, 1.807) is 6.26 Å². The first-order valence-corrected chi connectivity index (χ1v) is 10.1.